The molecule has 2 N–H and O–H groups in total. The summed E-state index contributed by atoms with van der Waals surface area (Å²) in [5.41, 5.74) is 1.46. The van der Waals surface area contributed by atoms with Crippen LogP contribution >= 0.6 is 23.2 Å². The third-order valence-corrected chi connectivity index (χ3v) is 4.05. The number of H-pyrrole nitrogens is 1. The molecule has 4 nitrogen and oxygen atoms in total. The van der Waals surface area contributed by atoms with Crippen molar-refractivity contribution in [2.75, 3.05) is 0 Å². The van der Waals surface area contributed by atoms with E-state index in [0.717, 1.165) is 5.56 Å². The summed E-state index contributed by atoms with van der Waals surface area (Å²) in [5, 5.41) is 10.0. The predicted octanol–water partition coefficient (Wildman–Crippen LogP) is 3.92. The van der Waals surface area contributed by atoms with E-state index < -0.39 is 11.5 Å². The minimum Gasteiger partial charge on any atom is -0.477 e. The molecule has 0 radical (unpaired) electrons. The Morgan fingerprint density at radius 1 is 1.29 bits per heavy atom. The van der Waals surface area contributed by atoms with Crippen LogP contribution in [0.2, 0.25) is 10.0 Å². The number of aromatic amines is 1. The number of aromatic nitrogens is 1. The van der Waals surface area contributed by atoms with Gasteiger partial charge >= 0.3 is 5.97 Å². The van der Waals surface area contributed by atoms with Crippen LogP contribution in [0, 0.1) is 6.92 Å². The van der Waals surface area contributed by atoms with Gasteiger partial charge in [-0.05, 0) is 36.6 Å². The third-order valence-electron chi connectivity index (χ3n) is 3.31. The van der Waals surface area contributed by atoms with Crippen molar-refractivity contribution < 1.29 is 9.90 Å². The maximum atomic E-state index is 12.0. The average molecular weight is 326 g/mol. The first kappa shape index (κ1) is 15.6. The summed E-state index contributed by atoms with van der Waals surface area (Å²) < 4.78 is 0. The summed E-state index contributed by atoms with van der Waals surface area (Å²) in [7, 11) is 0. The number of carbonyl (C=O) groups is 1. The number of pyridine rings is 1. The molecule has 0 fully saturated rings. The van der Waals surface area contributed by atoms with E-state index in [-0.39, 0.29) is 5.56 Å². The van der Waals surface area contributed by atoms with Gasteiger partial charge in [-0.25, -0.2) is 4.79 Å². The fourth-order valence-electron chi connectivity index (χ4n) is 2.38. The van der Waals surface area contributed by atoms with Crippen molar-refractivity contribution in [2.45, 2.75) is 20.3 Å². The molecule has 0 bridgehead atoms. The molecule has 2 aromatic rings. The van der Waals surface area contributed by atoms with Gasteiger partial charge in [-0.1, -0.05) is 36.2 Å². The Morgan fingerprint density at radius 3 is 2.48 bits per heavy atom. The zero-order valence-corrected chi connectivity index (χ0v) is 13.0. The lowest BCUT2D eigenvalue weighted by atomic mass is 9.93. The van der Waals surface area contributed by atoms with Crippen molar-refractivity contribution in [3.63, 3.8) is 0 Å². The highest BCUT2D eigenvalue weighted by Crippen LogP contribution is 2.32. The van der Waals surface area contributed by atoms with Gasteiger partial charge in [0.2, 0.25) is 0 Å². The summed E-state index contributed by atoms with van der Waals surface area (Å²) in [6.07, 6.45) is 0.582. The summed E-state index contributed by atoms with van der Waals surface area (Å²) in [6.45, 7) is 3.64. The Hall–Kier alpha value is -1.78. The smallest absolute Gasteiger partial charge is 0.341 e. The van der Waals surface area contributed by atoms with Crippen molar-refractivity contribution in [3.05, 3.63) is 55.4 Å². The highest BCUT2D eigenvalue weighted by atomic mass is 35.5. The molecule has 21 heavy (non-hydrogen) atoms. The van der Waals surface area contributed by atoms with E-state index in [4.69, 9.17) is 23.2 Å². The molecule has 2 rings (SSSR count). The number of nitrogens with one attached hydrogen (secondary N) is 1. The molecule has 110 valence electrons. The number of aromatic carboxylic acids is 1. The largest absolute Gasteiger partial charge is 0.477 e. The van der Waals surface area contributed by atoms with Gasteiger partial charge in [-0.15, -0.1) is 0 Å². The summed E-state index contributed by atoms with van der Waals surface area (Å²) in [4.78, 5) is 26.0. The minimum absolute atomic E-state index is 0.282. The molecule has 0 aliphatic rings. The molecule has 1 aromatic heterocycles. The third kappa shape index (κ3) is 2.82. The second-order valence-electron chi connectivity index (χ2n) is 4.60. The number of halogens is 2. The van der Waals surface area contributed by atoms with Crippen molar-refractivity contribution in [1.29, 1.82) is 0 Å². The van der Waals surface area contributed by atoms with Crippen LogP contribution in [0.4, 0.5) is 0 Å². The van der Waals surface area contributed by atoms with Crippen LogP contribution < -0.4 is 5.56 Å². The predicted molar refractivity (Wildman–Crippen MR) is 83.6 cm³/mol. The lowest BCUT2D eigenvalue weighted by Gasteiger charge is -2.14. The lowest BCUT2D eigenvalue weighted by molar-refractivity contribution is 0.0695. The second kappa shape index (κ2) is 5.92. The number of hydrogen-bond donors (Lipinski definition) is 2. The lowest BCUT2D eigenvalue weighted by Crippen LogP contribution is -2.22. The topological polar surface area (TPSA) is 70.2 Å². The molecule has 0 saturated carbocycles. The van der Waals surface area contributed by atoms with Gasteiger partial charge in [0, 0.05) is 11.3 Å². The van der Waals surface area contributed by atoms with Crippen LogP contribution in [0.3, 0.4) is 0 Å². The Bertz CT molecular complexity index is 781. The van der Waals surface area contributed by atoms with E-state index in [1.54, 1.807) is 25.1 Å². The maximum Gasteiger partial charge on any atom is 0.341 e. The molecule has 0 aliphatic carbocycles. The Balaban J connectivity index is 2.90. The highest BCUT2D eigenvalue weighted by molar-refractivity contribution is 6.42. The molecule has 0 spiro atoms. The number of hydrogen-bond acceptors (Lipinski definition) is 2. The van der Waals surface area contributed by atoms with Crippen LogP contribution in [0.25, 0.3) is 11.1 Å². The van der Waals surface area contributed by atoms with E-state index in [1.807, 2.05) is 6.92 Å². The zero-order valence-electron chi connectivity index (χ0n) is 11.5. The molecule has 6 heteroatoms. The van der Waals surface area contributed by atoms with Crippen LogP contribution in [0.15, 0.2) is 23.0 Å². The van der Waals surface area contributed by atoms with Crippen molar-refractivity contribution >= 4 is 29.2 Å². The van der Waals surface area contributed by atoms with E-state index in [1.165, 1.54) is 0 Å². The van der Waals surface area contributed by atoms with Crippen LogP contribution in [-0.4, -0.2) is 16.1 Å². The normalized spacial score (nSPS) is 10.7. The maximum absolute atomic E-state index is 12.0. The van der Waals surface area contributed by atoms with E-state index >= 15 is 0 Å². The van der Waals surface area contributed by atoms with Crippen LogP contribution in [0.5, 0.6) is 0 Å². The fourth-order valence-corrected chi connectivity index (χ4v) is 2.67. The van der Waals surface area contributed by atoms with E-state index in [2.05, 4.69) is 4.98 Å². The van der Waals surface area contributed by atoms with Crippen molar-refractivity contribution in [1.82, 2.24) is 4.98 Å². The first-order valence-corrected chi connectivity index (χ1v) is 7.06. The molecule has 0 amide bonds. The summed E-state index contributed by atoms with van der Waals surface area (Å²) >= 11 is 11.9. The van der Waals surface area contributed by atoms with Crippen LogP contribution in [0.1, 0.15) is 28.5 Å². The van der Waals surface area contributed by atoms with Gasteiger partial charge in [-0.2, -0.15) is 0 Å². The fraction of sp³-hybridized carbons (Fsp3) is 0.200. The Labute approximate surface area is 131 Å². The SMILES string of the molecule is CCc1c(C)[nH]c(=O)c(C(=O)O)c1-c1ccc(Cl)c(Cl)c1. The number of carboxylic acids is 1. The monoisotopic (exact) mass is 325 g/mol. The molecule has 1 aromatic carbocycles. The number of rotatable bonds is 3. The number of carboxylic acid groups (broad SMARTS) is 1. The summed E-state index contributed by atoms with van der Waals surface area (Å²) in [5.74, 6) is -1.27. The van der Waals surface area contributed by atoms with Crippen molar-refractivity contribution in [2.24, 2.45) is 0 Å². The van der Waals surface area contributed by atoms with Gasteiger partial charge in [0.25, 0.3) is 5.56 Å². The second-order valence-corrected chi connectivity index (χ2v) is 5.41. The van der Waals surface area contributed by atoms with Gasteiger partial charge in [0.1, 0.15) is 5.56 Å². The Kier molecular flexibility index (Phi) is 4.40. The Morgan fingerprint density at radius 2 is 1.95 bits per heavy atom. The van der Waals surface area contributed by atoms with Gasteiger partial charge in [0.15, 0.2) is 0 Å². The highest BCUT2D eigenvalue weighted by Gasteiger charge is 2.21. The molecule has 1 heterocycles. The van der Waals surface area contributed by atoms with E-state index in [9.17, 15) is 14.7 Å². The number of benzene rings is 1. The molecule has 0 atom stereocenters. The molecule has 0 unspecified atom stereocenters. The molecular formula is C15H13Cl2NO3. The number of aryl methyl sites for hydroxylation is 1. The molecular weight excluding hydrogens is 313 g/mol. The van der Waals surface area contributed by atoms with Crippen molar-refractivity contribution in [3.8, 4) is 11.1 Å². The van der Waals surface area contributed by atoms with Gasteiger partial charge in [0.05, 0.1) is 10.0 Å². The zero-order chi connectivity index (χ0) is 15.7. The van der Waals surface area contributed by atoms with E-state index in [0.29, 0.717) is 33.3 Å². The molecule has 0 saturated heterocycles. The quantitative estimate of drug-likeness (QED) is 0.898. The van der Waals surface area contributed by atoms with Crippen LogP contribution in [-0.2, 0) is 6.42 Å². The minimum atomic E-state index is -1.27. The summed E-state index contributed by atoms with van der Waals surface area (Å²) in [6, 6.07) is 4.82. The van der Waals surface area contributed by atoms with Gasteiger partial charge < -0.3 is 10.1 Å². The van der Waals surface area contributed by atoms with Gasteiger partial charge in [-0.3, -0.25) is 4.79 Å². The standard InChI is InChI=1S/C15H13Cl2NO3/c1-3-9-7(2)18-14(19)13(15(20)21)12(9)8-4-5-10(16)11(17)6-8/h4-6H,3H2,1-2H3,(H,18,19)(H,20,21). The molecule has 0 aliphatic heterocycles. The average Bonchev–Trinajstić information content (AvgIpc) is 2.40. The first-order valence-electron chi connectivity index (χ1n) is 6.31. The first-order chi connectivity index (χ1) is 9.86.